The average molecular weight is 572 g/mol. The monoisotopic (exact) mass is 571 g/mol. The lowest BCUT2D eigenvalue weighted by Gasteiger charge is -2.29. The Labute approximate surface area is 227 Å². The van der Waals surface area contributed by atoms with E-state index in [0.29, 0.717) is 31.5 Å². The van der Waals surface area contributed by atoms with Gasteiger partial charge in [-0.25, -0.2) is 0 Å². The second-order valence-electron chi connectivity index (χ2n) is 9.60. The maximum absolute atomic E-state index is 13.4. The number of aromatic nitrogens is 1. The molecule has 6 nitrogen and oxygen atoms in total. The number of benzene rings is 2. The molecule has 1 aromatic heterocycles. The van der Waals surface area contributed by atoms with Crippen LogP contribution in [-0.4, -0.2) is 53.0 Å². The Kier molecular flexibility index (Phi) is 10.2. The third-order valence-corrected chi connectivity index (χ3v) is 6.69. The Balaban J connectivity index is 1.86. The minimum absolute atomic E-state index is 0.0129. The first kappa shape index (κ1) is 31.0. The van der Waals surface area contributed by atoms with Crippen LogP contribution in [0.3, 0.4) is 0 Å². The van der Waals surface area contributed by atoms with E-state index in [2.05, 4.69) is 10.3 Å². The lowest BCUT2D eigenvalue weighted by molar-refractivity contribution is -0.143. The molecule has 40 heavy (non-hydrogen) atoms. The van der Waals surface area contributed by atoms with Crippen molar-refractivity contribution < 1.29 is 41.0 Å². The van der Waals surface area contributed by atoms with Crippen LogP contribution in [0.2, 0.25) is 0 Å². The maximum atomic E-state index is 13.4. The summed E-state index contributed by atoms with van der Waals surface area (Å²) in [5.41, 5.74) is -2.30. The van der Waals surface area contributed by atoms with Crippen LogP contribution in [0.25, 0.3) is 10.9 Å². The molecule has 3 rings (SSSR count). The Morgan fingerprint density at radius 1 is 0.975 bits per heavy atom. The maximum Gasteiger partial charge on any atom is 0.416 e. The van der Waals surface area contributed by atoms with Crippen LogP contribution in [0, 0.1) is 0 Å². The van der Waals surface area contributed by atoms with Crippen molar-refractivity contribution in [3.05, 3.63) is 70.9 Å². The number of para-hydroxylation sites is 1. The third kappa shape index (κ3) is 8.23. The van der Waals surface area contributed by atoms with Crippen LogP contribution in [0.15, 0.2) is 48.7 Å². The molecular formula is C28H31F6N3O3. The Morgan fingerprint density at radius 3 is 2.25 bits per heavy atom. The number of rotatable bonds is 12. The second kappa shape index (κ2) is 13.2. The molecule has 0 radical (unpaired) electrons. The molecule has 0 aliphatic carbocycles. The van der Waals surface area contributed by atoms with Crippen LogP contribution in [0.4, 0.5) is 26.3 Å². The van der Waals surface area contributed by atoms with Gasteiger partial charge in [0.25, 0.3) is 5.91 Å². The molecule has 1 atom stereocenters. The number of halogens is 6. The summed E-state index contributed by atoms with van der Waals surface area (Å²) < 4.78 is 80.3. The number of alkyl halides is 6. The van der Waals surface area contributed by atoms with Crippen molar-refractivity contribution >= 4 is 22.7 Å². The minimum Gasteiger partial charge on any atom is -0.396 e. The van der Waals surface area contributed by atoms with Crippen molar-refractivity contribution in [3.8, 4) is 0 Å². The number of fused-ring (bicyclic) bond motifs is 1. The molecule has 0 saturated carbocycles. The predicted molar refractivity (Wildman–Crippen MR) is 138 cm³/mol. The molecule has 1 unspecified atom stereocenters. The largest absolute Gasteiger partial charge is 0.416 e. The summed E-state index contributed by atoms with van der Waals surface area (Å²) in [6.07, 6.45) is -6.13. The molecule has 218 valence electrons. The first-order valence-electron chi connectivity index (χ1n) is 12.8. The molecule has 0 saturated heterocycles. The van der Waals surface area contributed by atoms with Gasteiger partial charge in [-0.2, -0.15) is 26.3 Å². The lowest BCUT2D eigenvalue weighted by atomic mass is 9.98. The zero-order chi connectivity index (χ0) is 29.5. The molecule has 0 aliphatic rings. The summed E-state index contributed by atoms with van der Waals surface area (Å²) in [6, 6.07) is 7.42. The van der Waals surface area contributed by atoms with Gasteiger partial charge in [-0.05, 0) is 61.9 Å². The quantitative estimate of drug-likeness (QED) is 0.186. The van der Waals surface area contributed by atoms with E-state index in [4.69, 9.17) is 5.11 Å². The highest BCUT2D eigenvalue weighted by molar-refractivity contribution is 5.95. The molecule has 3 aromatic rings. The van der Waals surface area contributed by atoms with Gasteiger partial charge in [0.1, 0.15) is 0 Å². The first-order valence-corrected chi connectivity index (χ1v) is 12.8. The summed E-state index contributed by atoms with van der Waals surface area (Å²) >= 11 is 0. The number of carbonyl (C=O) groups is 2. The van der Waals surface area contributed by atoms with Crippen LogP contribution in [0.5, 0.6) is 0 Å². The molecule has 0 spiro atoms. The minimum atomic E-state index is -5.09. The Hall–Kier alpha value is -3.54. The van der Waals surface area contributed by atoms with Crippen molar-refractivity contribution in [2.75, 3.05) is 20.2 Å². The number of hydrogen-bond donors (Lipinski definition) is 3. The van der Waals surface area contributed by atoms with Crippen LogP contribution in [0.1, 0.15) is 59.2 Å². The van der Waals surface area contributed by atoms with Gasteiger partial charge in [-0.1, -0.05) is 18.2 Å². The van der Waals surface area contributed by atoms with Gasteiger partial charge in [0.15, 0.2) is 0 Å². The van der Waals surface area contributed by atoms with Gasteiger partial charge in [0.05, 0.1) is 11.1 Å². The second-order valence-corrected chi connectivity index (χ2v) is 9.60. The van der Waals surface area contributed by atoms with Crippen molar-refractivity contribution in [1.82, 2.24) is 15.2 Å². The van der Waals surface area contributed by atoms with Crippen molar-refractivity contribution in [2.45, 2.75) is 56.9 Å². The van der Waals surface area contributed by atoms with E-state index in [1.165, 1.54) is 7.05 Å². The molecule has 0 fully saturated rings. The van der Waals surface area contributed by atoms with Crippen LogP contribution >= 0.6 is 0 Å². The number of aliphatic hydroxyl groups excluding tert-OH is 1. The summed E-state index contributed by atoms with van der Waals surface area (Å²) in [5, 5.41) is 12.4. The number of aromatic amines is 1. The molecule has 2 aromatic carbocycles. The van der Waals surface area contributed by atoms with E-state index in [1.54, 1.807) is 6.20 Å². The van der Waals surface area contributed by atoms with Gasteiger partial charge in [0.2, 0.25) is 5.91 Å². The molecule has 2 amide bonds. The van der Waals surface area contributed by atoms with Crippen LogP contribution in [-0.2, 0) is 23.6 Å². The van der Waals surface area contributed by atoms with Crippen LogP contribution < -0.4 is 5.32 Å². The van der Waals surface area contributed by atoms with E-state index in [1.807, 2.05) is 24.3 Å². The fourth-order valence-electron chi connectivity index (χ4n) is 4.46. The number of nitrogens with zero attached hydrogens (tertiary/aromatic N) is 1. The fourth-order valence-corrected chi connectivity index (χ4v) is 4.46. The van der Waals surface area contributed by atoms with E-state index in [-0.39, 0.29) is 37.8 Å². The van der Waals surface area contributed by atoms with Gasteiger partial charge in [0, 0.05) is 55.3 Å². The highest BCUT2D eigenvalue weighted by Gasteiger charge is 2.38. The summed E-state index contributed by atoms with van der Waals surface area (Å²) in [7, 11) is 1.31. The number of carbonyl (C=O) groups excluding carboxylic acids is 2. The van der Waals surface area contributed by atoms with Gasteiger partial charge >= 0.3 is 12.4 Å². The molecular weight excluding hydrogens is 540 g/mol. The molecule has 1 heterocycles. The highest BCUT2D eigenvalue weighted by Crippen LogP contribution is 2.36. The normalized spacial score (nSPS) is 12.9. The summed E-state index contributed by atoms with van der Waals surface area (Å²) in [6.45, 7) is 0.450. The first-order chi connectivity index (χ1) is 18.8. The number of likely N-dealkylation sites (N-methyl/N-ethyl adjacent to an activating group) is 1. The molecule has 12 heteroatoms. The fraction of sp³-hybridized carbons (Fsp3) is 0.429. The number of H-pyrrole nitrogens is 1. The van der Waals surface area contributed by atoms with Gasteiger partial charge in [-0.15, -0.1) is 0 Å². The van der Waals surface area contributed by atoms with Crippen molar-refractivity contribution in [3.63, 3.8) is 0 Å². The lowest BCUT2D eigenvalue weighted by Crippen LogP contribution is -2.39. The van der Waals surface area contributed by atoms with Gasteiger partial charge < -0.3 is 20.3 Å². The molecule has 0 bridgehead atoms. The van der Waals surface area contributed by atoms with E-state index in [0.717, 1.165) is 27.8 Å². The zero-order valence-corrected chi connectivity index (χ0v) is 21.8. The predicted octanol–water partition coefficient (Wildman–Crippen LogP) is 5.95. The molecule has 3 N–H and O–H groups in total. The number of unbranched alkanes of at least 4 members (excludes halogenated alkanes) is 2. The number of hydrogen-bond acceptors (Lipinski definition) is 3. The summed E-state index contributed by atoms with van der Waals surface area (Å²) in [5.74, 6) is -1.32. The smallest absolute Gasteiger partial charge is 0.396 e. The van der Waals surface area contributed by atoms with E-state index in [9.17, 15) is 35.9 Å². The van der Waals surface area contributed by atoms with Crippen molar-refractivity contribution in [2.24, 2.45) is 0 Å². The topological polar surface area (TPSA) is 85.4 Å². The SMILES string of the molecule is CN(C(=O)c1cc(C(F)(F)F)cc(C(F)(F)F)c1)C(CCC(=O)NCCCCCO)Cc1c[nH]c2ccccc12. The Morgan fingerprint density at radius 2 is 1.62 bits per heavy atom. The van der Waals surface area contributed by atoms with E-state index < -0.39 is 41.0 Å². The van der Waals surface area contributed by atoms with Crippen molar-refractivity contribution in [1.29, 1.82) is 0 Å². The number of aliphatic hydroxyl groups is 1. The highest BCUT2D eigenvalue weighted by atomic mass is 19.4. The third-order valence-electron chi connectivity index (χ3n) is 6.69. The Bertz CT molecular complexity index is 1270. The number of amides is 2. The average Bonchev–Trinajstić information content (AvgIpc) is 3.31. The van der Waals surface area contributed by atoms with E-state index >= 15 is 0 Å². The zero-order valence-electron chi connectivity index (χ0n) is 21.8. The number of nitrogens with one attached hydrogen (secondary N) is 2. The summed E-state index contributed by atoms with van der Waals surface area (Å²) in [4.78, 5) is 30.0. The van der Waals surface area contributed by atoms with Gasteiger partial charge in [-0.3, -0.25) is 9.59 Å². The molecule has 0 aliphatic heterocycles. The standard InChI is InChI=1S/C28H31F6N3O3/c1-37(26(40)18-13-20(27(29,30)31)16-21(14-18)28(32,33)34)22(9-10-25(39)35-11-5-2-6-12-38)15-19-17-36-24-8-4-3-7-23(19)24/h3-4,7-8,13-14,16-17,22,36,38H,2,5-6,9-12,15H2,1H3,(H,35,39).